The number of anilines is 1. The molecule has 7 nitrogen and oxygen atoms in total. The number of nitrogens with one attached hydrogen (secondary N) is 1. The number of hydrogen-bond acceptors (Lipinski definition) is 6. The van der Waals surface area contributed by atoms with Gasteiger partial charge < -0.3 is 20.2 Å². The van der Waals surface area contributed by atoms with Crippen molar-refractivity contribution in [1.82, 2.24) is 20.2 Å². The fraction of sp³-hybridized carbons (Fsp3) is 0.737. The summed E-state index contributed by atoms with van der Waals surface area (Å²) in [6.45, 7) is 5.90. The third-order valence-corrected chi connectivity index (χ3v) is 6.04. The van der Waals surface area contributed by atoms with Crippen LogP contribution in [0.1, 0.15) is 54.0 Å². The van der Waals surface area contributed by atoms with Crippen molar-refractivity contribution in [1.29, 1.82) is 0 Å². The molecule has 1 aliphatic heterocycles. The average molecular weight is 361 g/mol. The van der Waals surface area contributed by atoms with Crippen LogP contribution in [0.2, 0.25) is 0 Å². The van der Waals surface area contributed by atoms with Crippen molar-refractivity contribution in [3.8, 4) is 0 Å². The summed E-state index contributed by atoms with van der Waals surface area (Å²) in [6, 6.07) is 0.504. The van der Waals surface area contributed by atoms with Crippen LogP contribution >= 0.6 is 0 Å². The molecule has 0 radical (unpaired) electrons. The smallest absolute Gasteiger partial charge is 0.289 e. The van der Waals surface area contributed by atoms with E-state index in [1.54, 1.807) is 0 Å². The molecule has 3 rings (SSSR count). The van der Waals surface area contributed by atoms with Crippen molar-refractivity contribution in [2.75, 3.05) is 38.7 Å². The molecule has 2 heterocycles. The van der Waals surface area contributed by atoms with Gasteiger partial charge in [-0.25, -0.2) is 9.97 Å². The maximum Gasteiger partial charge on any atom is 0.289 e. The van der Waals surface area contributed by atoms with Crippen LogP contribution in [0, 0.1) is 13.8 Å². The summed E-state index contributed by atoms with van der Waals surface area (Å²) in [5.74, 6) is 0.878. The van der Waals surface area contributed by atoms with Gasteiger partial charge in [-0.05, 0) is 60.0 Å². The molecule has 7 heteroatoms. The monoisotopic (exact) mass is 361 g/mol. The van der Waals surface area contributed by atoms with Gasteiger partial charge in [-0.2, -0.15) is 0 Å². The molecule has 1 amide bonds. The van der Waals surface area contributed by atoms with Gasteiger partial charge >= 0.3 is 0 Å². The van der Waals surface area contributed by atoms with E-state index in [4.69, 9.17) is 0 Å². The Morgan fingerprint density at radius 3 is 2.62 bits per heavy atom. The molecular formula is C19H31N5O2. The Morgan fingerprint density at radius 1 is 1.35 bits per heavy atom. The predicted octanol–water partition coefficient (Wildman–Crippen LogP) is 1.27. The third kappa shape index (κ3) is 3.69. The number of aliphatic hydroxyl groups excluding tert-OH is 1. The highest BCUT2D eigenvalue weighted by molar-refractivity contribution is 5.91. The van der Waals surface area contributed by atoms with Crippen LogP contribution in [-0.2, 0) is 0 Å². The second kappa shape index (κ2) is 7.48. The van der Waals surface area contributed by atoms with Gasteiger partial charge in [-0.1, -0.05) is 0 Å². The minimum atomic E-state index is -0.280. The van der Waals surface area contributed by atoms with E-state index in [1.165, 1.54) is 0 Å². The summed E-state index contributed by atoms with van der Waals surface area (Å²) in [5.41, 5.74) is 1.60. The van der Waals surface area contributed by atoms with Gasteiger partial charge in [0.25, 0.3) is 5.91 Å². The van der Waals surface area contributed by atoms with E-state index in [2.05, 4.69) is 39.2 Å². The van der Waals surface area contributed by atoms with Gasteiger partial charge in [-0.15, -0.1) is 0 Å². The minimum absolute atomic E-state index is 0.0824. The summed E-state index contributed by atoms with van der Waals surface area (Å²) in [4.78, 5) is 26.4. The highest BCUT2D eigenvalue weighted by Crippen LogP contribution is 2.35. The molecule has 26 heavy (non-hydrogen) atoms. The van der Waals surface area contributed by atoms with Gasteiger partial charge in [0.1, 0.15) is 5.82 Å². The zero-order valence-corrected chi connectivity index (χ0v) is 16.4. The summed E-state index contributed by atoms with van der Waals surface area (Å²) in [5, 5.41) is 12.4. The number of carbonyl (C=O) groups excluding carboxylic acids is 1. The van der Waals surface area contributed by atoms with Crippen LogP contribution < -0.4 is 10.2 Å². The van der Waals surface area contributed by atoms with E-state index in [9.17, 15) is 9.90 Å². The Balaban J connectivity index is 1.81. The number of carbonyl (C=O) groups is 1. The highest BCUT2D eigenvalue weighted by atomic mass is 16.3. The van der Waals surface area contributed by atoms with E-state index >= 15 is 0 Å². The maximum absolute atomic E-state index is 12.8. The van der Waals surface area contributed by atoms with Crippen LogP contribution in [0.25, 0.3) is 0 Å². The van der Waals surface area contributed by atoms with Crippen LogP contribution in [0.4, 0.5) is 5.82 Å². The predicted molar refractivity (Wildman–Crippen MR) is 102 cm³/mol. The Labute approximate surface area is 155 Å². The summed E-state index contributed by atoms with van der Waals surface area (Å²) in [7, 11) is 4.20. The molecule has 1 aromatic rings. The van der Waals surface area contributed by atoms with Crippen LogP contribution in [0.15, 0.2) is 0 Å². The summed E-state index contributed by atoms with van der Waals surface area (Å²) in [6.07, 6.45) is 4.59. The van der Waals surface area contributed by atoms with E-state index in [1.807, 2.05) is 13.8 Å². The fourth-order valence-corrected chi connectivity index (χ4v) is 3.93. The van der Waals surface area contributed by atoms with Gasteiger partial charge in [0.15, 0.2) is 0 Å². The number of aliphatic hydroxyl groups is 1. The molecule has 0 unspecified atom stereocenters. The van der Waals surface area contributed by atoms with Gasteiger partial charge in [0.2, 0.25) is 5.82 Å². The molecule has 144 valence electrons. The molecule has 1 atom stereocenters. The molecule has 0 aromatic carbocycles. The number of aromatic nitrogens is 2. The zero-order valence-electron chi connectivity index (χ0n) is 16.4. The number of amides is 1. The molecule has 1 saturated heterocycles. The molecule has 1 aromatic heterocycles. The molecule has 2 N–H and O–H groups in total. The lowest BCUT2D eigenvalue weighted by molar-refractivity contribution is 0.0761. The highest BCUT2D eigenvalue weighted by Gasteiger charge is 2.38. The summed E-state index contributed by atoms with van der Waals surface area (Å²) >= 11 is 0. The van der Waals surface area contributed by atoms with Crippen molar-refractivity contribution < 1.29 is 9.90 Å². The Bertz CT molecular complexity index is 672. The lowest BCUT2D eigenvalue weighted by Crippen LogP contribution is -2.54. The fourth-order valence-electron chi connectivity index (χ4n) is 3.93. The molecule has 2 aliphatic rings. The van der Waals surface area contributed by atoms with Crippen molar-refractivity contribution in [3.63, 3.8) is 0 Å². The second-order valence-corrected chi connectivity index (χ2v) is 7.99. The molecule has 0 spiro atoms. The van der Waals surface area contributed by atoms with Gasteiger partial charge in [0, 0.05) is 42.5 Å². The van der Waals surface area contributed by atoms with Crippen LogP contribution in [0.5, 0.6) is 0 Å². The van der Waals surface area contributed by atoms with Gasteiger partial charge in [-0.3, -0.25) is 4.79 Å². The SMILES string of the molecule is Cc1nc(C(=O)NC2(CCO)CCC2)nc(N2CC[C@@H](N(C)C)C2)c1C. The van der Waals surface area contributed by atoms with Crippen molar-refractivity contribution in [2.24, 2.45) is 0 Å². The first kappa shape index (κ1) is 19.0. The molecule has 1 aliphatic carbocycles. The lowest BCUT2D eigenvalue weighted by Gasteiger charge is -2.42. The minimum Gasteiger partial charge on any atom is -0.396 e. The molecule has 1 saturated carbocycles. The first-order valence-electron chi connectivity index (χ1n) is 9.55. The van der Waals surface area contributed by atoms with Crippen LogP contribution in [0.3, 0.4) is 0 Å². The Morgan fingerprint density at radius 2 is 2.08 bits per heavy atom. The normalized spacial score (nSPS) is 21.8. The van der Waals surface area contributed by atoms with E-state index in [0.717, 1.165) is 55.8 Å². The Hall–Kier alpha value is -1.73. The number of likely N-dealkylation sites (N-methyl/N-ethyl adjacent to an activating group) is 1. The maximum atomic E-state index is 12.8. The zero-order chi connectivity index (χ0) is 18.9. The third-order valence-electron chi connectivity index (χ3n) is 6.04. The second-order valence-electron chi connectivity index (χ2n) is 7.99. The molecule has 2 fully saturated rings. The standard InChI is InChI=1S/C19H31N5O2/c1-13-14(2)20-16(18(26)22-19(9-11-25)7-5-8-19)21-17(13)24-10-6-15(12-24)23(3)4/h15,25H,5-12H2,1-4H3,(H,22,26)/t15-/m1/s1. The first-order chi connectivity index (χ1) is 12.3. The summed E-state index contributed by atoms with van der Waals surface area (Å²) < 4.78 is 0. The largest absolute Gasteiger partial charge is 0.396 e. The van der Waals surface area contributed by atoms with Crippen molar-refractivity contribution in [2.45, 2.75) is 57.5 Å². The Kier molecular flexibility index (Phi) is 5.48. The van der Waals surface area contributed by atoms with Gasteiger partial charge in [0.05, 0.1) is 0 Å². The van der Waals surface area contributed by atoms with Crippen molar-refractivity contribution in [3.05, 3.63) is 17.1 Å². The first-order valence-corrected chi connectivity index (χ1v) is 9.55. The molecular weight excluding hydrogens is 330 g/mol. The van der Waals surface area contributed by atoms with E-state index < -0.39 is 0 Å². The number of aryl methyl sites for hydroxylation is 1. The molecule has 0 bridgehead atoms. The lowest BCUT2D eigenvalue weighted by atomic mass is 9.74. The van der Waals surface area contributed by atoms with E-state index in [-0.39, 0.29) is 23.9 Å². The number of rotatable bonds is 6. The average Bonchev–Trinajstić information content (AvgIpc) is 3.05. The number of nitrogens with zero attached hydrogens (tertiary/aromatic N) is 4. The van der Waals surface area contributed by atoms with Crippen molar-refractivity contribution >= 4 is 11.7 Å². The van der Waals surface area contributed by atoms with Crippen LogP contribution in [-0.4, -0.2) is 71.3 Å². The van der Waals surface area contributed by atoms with E-state index in [0.29, 0.717) is 12.5 Å². The topological polar surface area (TPSA) is 81.6 Å². The quantitative estimate of drug-likeness (QED) is 0.794. The number of hydrogen-bond donors (Lipinski definition) is 2.